The summed E-state index contributed by atoms with van der Waals surface area (Å²) in [4.78, 5) is 13.7. The van der Waals surface area contributed by atoms with Crippen molar-refractivity contribution < 1.29 is 14.6 Å². The number of carbonyl (C=O) groups is 1. The third-order valence-corrected chi connectivity index (χ3v) is 4.03. The van der Waals surface area contributed by atoms with Crippen LogP contribution in [0.1, 0.15) is 26.2 Å². The molecule has 0 aromatic rings. The average Bonchev–Trinajstić information content (AvgIpc) is 2.88. The molecule has 0 bridgehead atoms. The van der Waals surface area contributed by atoms with Gasteiger partial charge in [0.1, 0.15) is 5.41 Å². The quantitative estimate of drug-likeness (QED) is 0.784. The van der Waals surface area contributed by atoms with E-state index in [2.05, 4.69) is 11.8 Å². The third-order valence-electron chi connectivity index (χ3n) is 4.03. The number of likely N-dealkylation sites (tertiary alicyclic amines) is 1. The van der Waals surface area contributed by atoms with Gasteiger partial charge in [0.2, 0.25) is 0 Å². The molecule has 0 saturated carbocycles. The van der Waals surface area contributed by atoms with Gasteiger partial charge in [0.15, 0.2) is 0 Å². The maximum atomic E-state index is 11.4. The summed E-state index contributed by atoms with van der Waals surface area (Å²) in [6, 6.07) is 0. The molecule has 4 heteroatoms. The molecule has 16 heavy (non-hydrogen) atoms. The molecule has 2 unspecified atom stereocenters. The van der Waals surface area contributed by atoms with Crippen LogP contribution < -0.4 is 0 Å². The summed E-state index contributed by atoms with van der Waals surface area (Å²) in [6.45, 7) is 5.96. The van der Waals surface area contributed by atoms with Gasteiger partial charge < -0.3 is 14.7 Å². The van der Waals surface area contributed by atoms with Crippen molar-refractivity contribution >= 4 is 5.97 Å². The number of hydrogen-bond donors (Lipinski definition) is 1. The van der Waals surface area contributed by atoms with Gasteiger partial charge in [-0.1, -0.05) is 13.3 Å². The fraction of sp³-hybridized carbons (Fsp3) is 0.917. The minimum Gasteiger partial charge on any atom is -0.481 e. The number of rotatable bonds is 4. The van der Waals surface area contributed by atoms with Crippen LogP contribution in [-0.4, -0.2) is 48.8 Å². The van der Waals surface area contributed by atoms with Crippen molar-refractivity contribution in [2.24, 2.45) is 11.3 Å². The molecule has 92 valence electrons. The van der Waals surface area contributed by atoms with Crippen LogP contribution in [-0.2, 0) is 9.53 Å². The van der Waals surface area contributed by atoms with E-state index in [4.69, 9.17) is 4.74 Å². The Labute approximate surface area is 96.6 Å². The van der Waals surface area contributed by atoms with Gasteiger partial charge in [-0.15, -0.1) is 0 Å². The summed E-state index contributed by atoms with van der Waals surface area (Å²) in [5.41, 5.74) is -0.636. The fourth-order valence-electron chi connectivity index (χ4n) is 2.79. The molecule has 0 amide bonds. The van der Waals surface area contributed by atoms with E-state index < -0.39 is 11.4 Å². The Morgan fingerprint density at radius 3 is 2.94 bits per heavy atom. The molecule has 2 aliphatic rings. The van der Waals surface area contributed by atoms with Crippen LogP contribution in [0.3, 0.4) is 0 Å². The maximum Gasteiger partial charge on any atom is 0.313 e. The van der Waals surface area contributed by atoms with Crippen molar-refractivity contribution in [3.63, 3.8) is 0 Å². The largest absolute Gasteiger partial charge is 0.481 e. The highest BCUT2D eigenvalue weighted by molar-refractivity contribution is 5.75. The molecule has 1 N–H and O–H groups in total. The summed E-state index contributed by atoms with van der Waals surface area (Å²) in [5.74, 6) is 0.0677. The van der Waals surface area contributed by atoms with Gasteiger partial charge in [0, 0.05) is 19.7 Å². The van der Waals surface area contributed by atoms with E-state index in [1.54, 1.807) is 0 Å². The van der Waals surface area contributed by atoms with Crippen molar-refractivity contribution in [3.8, 4) is 0 Å². The first-order chi connectivity index (χ1) is 7.66. The first-order valence-electron chi connectivity index (χ1n) is 6.20. The Morgan fingerprint density at radius 1 is 1.62 bits per heavy atom. The lowest BCUT2D eigenvalue weighted by atomic mass is 9.87. The molecule has 4 nitrogen and oxygen atoms in total. The molecule has 2 saturated heterocycles. The zero-order chi connectivity index (χ0) is 11.6. The maximum absolute atomic E-state index is 11.4. The van der Waals surface area contributed by atoms with E-state index in [-0.39, 0.29) is 0 Å². The number of carboxylic acid groups (broad SMARTS) is 1. The van der Waals surface area contributed by atoms with Crippen LogP contribution >= 0.6 is 0 Å². The van der Waals surface area contributed by atoms with E-state index >= 15 is 0 Å². The highest BCUT2D eigenvalue weighted by Crippen LogP contribution is 2.32. The summed E-state index contributed by atoms with van der Waals surface area (Å²) >= 11 is 0. The lowest BCUT2D eigenvalue weighted by Crippen LogP contribution is -2.43. The highest BCUT2D eigenvalue weighted by Gasteiger charge is 2.44. The topological polar surface area (TPSA) is 49.8 Å². The summed E-state index contributed by atoms with van der Waals surface area (Å²) < 4.78 is 5.28. The van der Waals surface area contributed by atoms with Crippen LogP contribution in [0.4, 0.5) is 0 Å². The zero-order valence-electron chi connectivity index (χ0n) is 9.95. The lowest BCUT2D eigenvalue weighted by Gasteiger charge is -2.28. The lowest BCUT2D eigenvalue weighted by molar-refractivity contribution is -0.150. The van der Waals surface area contributed by atoms with Gasteiger partial charge in [-0.05, 0) is 25.3 Å². The minimum atomic E-state index is -0.690. The average molecular weight is 227 g/mol. The van der Waals surface area contributed by atoms with Crippen LogP contribution in [0.5, 0.6) is 0 Å². The Bertz CT molecular complexity index is 261. The summed E-state index contributed by atoms with van der Waals surface area (Å²) in [6.07, 6.45) is 3.08. The van der Waals surface area contributed by atoms with Gasteiger partial charge in [-0.25, -0.2) is 0 Å². The molecule has 2 heterocycles. The number of nitrogens with zero attached hydrogens (tertiary/aromatic N) is 1. The normalized spacial score (nSPS) is 35.7. The SMILES string of the molecule is CCC1CCN(CC2(C(=O)O)CCOC2)C1. The van der Waals surface area contributed by atoms with Gasteiger partial charge in [0.05, 0.1) is 6.61 Å². The first-order valence-corrected chi connectivity index (χ1v) is 6.20. The number of carboxylic acids is 1. The molecule has 2 rings (SSSR count). The van der Waals surface area contributed by atoms with E-state index in [0.717, 1.165) is 19.0 Å². The molecule has 2 atom stereocenters. The standard InChI is InChI=1S/C12H21NO3/c1-2-10-3-5-13(7-10)8-12(11(14)15)4-6-16-9-12/h10H,2-9H2,1H3,(H,14,15). The van der Waals surface area contributed by atoms with Crippen LogP contribution in [0, 0.1) is 11.3 Å². The van der Waals surface area contributed by atoms with E-state index in [0.29, 0.717) is 26.2 Å². The van der Waals surface area contributed by atoms with Crippen molar-refractivity contribution in [2.45, 2.75) is 26.2 Å². The van der Waals surface area contributed by atoms with Crippen molar-refractivity contribution in [1.29, 1.82) is 0 Å². The molecule has 0 aliphatic carbocycles. The Hall–Kier alpha value is -0.610. The van der Waals surface area contributed by atoms with Crippen LogP contribution in [0.2, 0.25) is 0 Å². The van der Waals surface area contributed by atoms with E-state index in [1.165, 1.54) is 12.8 Å². The summed E-state index contributed by atoms with van der Waals surface area (Å²) in [7, 11) is 0. The fourth-order valence-corrected chi connectivity index (χ4v) is 2.79. The predicted molar refractivity (Wildman–Crippen MR) is 60.3 cm³/mol. The molecule has 0 aromatic carbocycles. The number of hydrogen-bond acceptors (Lipinski definition) is 3. The summed E-state index contributed by atoms with van der Waals surface area (Å²) in [5, 5.41) is 9.34. The third kappa shape index (κ3) is 2.23. The monoisotopic (exact) mass is 227 g/mol. The first kappa shape index (κ1) is 11.9. The molecule has 0 spiro atoms. The van der Waals surface area contributed by atoms with Gasteiger partial charge in [0.25, 0.3) is 0 Å². The molecule has 2 aliphatic heterocycles. The smallest absolute Gasteiger partial charge is 0.313 e. The number of ether oxygens (including phenoxy) is 1. The molecule has 2 fully saturated rings. The van der Waals surface area contributed by atoms with Gasteiger partial charge in [-0.3, -0.25) is 4.79 Å². The Kier molecular flexibility index (Phi) is 3.50. The van der Waals surface area contributed by atoms with Gasteiger partial charge in [-0.2, -0.15) is 0 Å². The number of aliphatic carboxylic acids is 1. The molecule has 0 aromatic heterocycles. The van der Waals surface area contributed by atoms with Crippen LogP contribution in [0.15, 0.2) is 0 Å². The molecular formula is C12H21NO3. The van der Waals surface area contributed by atoms with Crippen molar-refractivity contribution in [1.82, 2.24) is 4.90 Å². The molecular weight excluding hydrogens is 206 g/mol. The second kappa shape index (κ2) is 4.72. The second-order valence-corrected chi connectivity index (χ2v) is 5.19. The van der Waals surface area contributed by atoms with Crippen LogP contribution in [0.25, 0.3) is 0 Å². The minimum absolute atomic E-state index is 0.385. The predicted octanol–water partition coefficient (Wildman–Crippen LogP) is 1.21. The van der Waals surface area contributed by atoms with Gasteiger partial charge >= 0.3 is 5.97 Å². The second-order valence-electron chi connectivity index (χ2n) is 5.19. The Balaban J connectivity index is 1.94. The van der Waals surface area contributed by atoms with E-state index in [1.807, 2.05) is 0 Å². The zero-order valence-corrected chi connectivity index (χ0v) is 9.95. The van der Waals surface area contributed by atoms with Crippen molar-refractivity contribution in [2.75, 3.05) is 32.8 Å². The molecule has 0 radical (unpaired) electrons. The highest BCUT2D eigenvalue weighted by atomic mass is 16.5. The Morgan fingerprint density at radius 2 is 2.44 bits per heavy atom. The van der Waals surface area contributed by atoms with Crippen molar-refractivity contribution in [3.05, 3.63) is 0 Å². The van der Waals surface area contributed by atoms with E-state index in [9.17, 15) is 9.90 Å².